The quantitative estimate of drug-likeness (QED) is 0.596. The fourth-order valence-electron chi connectivity index (χ4n) is 4.38. The summed E-state index contributed by atoms with van der Waals surface area (Å²) in [6.07, 6.45) is 0. The van der Waals surface area contributed by atoms with E-state index in [-0.39, 0.29) is 0 Å². The molecule has 0 amide bonds. The van der Waals surface area contributed by atoms with E-state index in [0.717, 1.165) is 0 Å². The second kappa shape index (κ2) is 7.66. The minimum Gasteiger partial charge on any atom is -0.322 e. The third kappa shape index (κ3) is 3.45. The third-order valence-corrected chi connectivity index (χ3v) is 6.29. The van der Waals surface area contributed by atoms with Gasteiger partial charge < -0.3 is 5.32 Å². The van der Waals surface area contributed by atoms with Crippen LogP contribution in [0.2, 0.25) is 10.0 Å². The van der Waals surface area contributed by atoms with Gasteiger partial charge in [0, 0.05) is 31.0 Å². The van der Waals surface area contributed by atoms with Crippen LogP contribution in [0.3, 0.4) is 0 Å². The van der Waals surface area contributed by atoms with Crippen molar-refractivity contribution in [2.75, 3.05) is 0 Å². The smallest absolute Gasteiger partial charge is 0.279 e. The highest BCUT2D eigenvalue weighted by atomic mass is 35.5. The van der Waals surface area contributed by atoms with Crippen molar-refractivity contribution in [3.05, 3.63) is 89.9 Å². The van der Waals surface area contributed by atoms with Crippen LogP contribution in [0.25, 0.3) is 0 Å². The number of rotatable bonds is 4. The van der Waals surface area contributed by atoms with Gasteiger partial charge in [-0.15, -0.1) is 0 Å². The number of quaternary nitrogens is 1. The van der Waals surface area contributed by atoms with Gasteiger partial charge in [0.25, 0.3) is 12.1 Å². The summed E-state index contributed by atoms with van der Waals surface area (Å²) in [4.78, 5) is 23.2. The Morgan fingerprint density at radius 1 is 0.821 bits per heavy atom. The molecule has 3 rings (SSSR count). The Kier molecular flexibility index (Phi) is 5.61. The molecule has 9 heteroatoms. The van der Waals surface area contributed by atoms with Gasteiger partial charge in [0.2, 0.25) is 0 Å². The number of benzene rings is 2. The summed E-state index contributed by atoms with van der Waals surface area (Å²) in [5, 5.41) is 26.5. The first-order chi connectivity index (χ1) is 13.2. The topological polar surface area (TPSA) is 103 Å². The number of hydrogen-bond donors (Lipinski definition) is 1. The summed E-state index contributed by atoms with van der Waals surface area (Å²) in [5.41, 5.74) is -0.0920. The molecular formula is C19H20Cl2N3O4+. The summed E-state index contributed by atoms with van der Waals surface area (Å²) in [7, 11) is 0. The lowest BCUT2D eigenvalue weighted by molar-refractivity contribution is -0.818. The van der Waals surface area contributed by atoms with Gasteiger partial charge in [0.15, 0.2) is 12.1 Å². The van der Waals surface area contributed by atoms with Crippen LogP contribution in [0.15, 0.2) is 48.5 Å². The number of nitrogens with two attached hydrogens (primary N) is 1. The number of piperidine rings is 1. The van der Waals surface area contributed by atoms with E-state index in [1.54, 1.807) is 67.7 Å². The largest absolute Gasteiger partial charge is 0.322 e. The summed E-state index contributed by atoms with van der Waals surface area (Å²) in [6.45, 7) is 3.16. The van der Waals surface area contributed by atoms with E-state index in [0.29, 0.717) is 21.2 Å². The summed E-state index contributed by atoms with van der Waals surface area (Å²) >= 11 is 12.7. The van der Waals surface area contributed by atoms with Crippen LogP contribution in [0, 0.1) is 25.6 Å². The zero-order valence-electron chi connectivity index (χ0n) is 15.3. The fourth-order valence-corrected chi connectivity index (χ4v) is 4.90. The van der Waals surface area contributed by atoms with Crippen molar-refractivity contribution < 1.29 is 15.2 Å². The molecule has 2 N–H and O–H groups in total. The lowest BCUT2D eigenvalue weighted by atomic mass is 9.66. The minimum atomic E-state index is -1.25. The van der Waals surface area contributed by atoms with E-state index in [1.165, 1.54) is 0 Å². The van der Waals surface area contributed by atoms with Gasteiger partial charge in [-0.2, -0.15) is 0 Å². The number of hydrogen-bond acceptors (Lipinski definition) is 4. The van der Waals surface area contributed by atoms with E-state index in [1.807, 2.05) is 0 Å². The van der Waals surface area contributed by atoms with Crippen molar-refractivity contribution in [1.82, 2.24) is 0 Å². The molecule has 0 bridgehead atoms. The van der Waals surface area contributed by atoms with Gasteiger partial charge >= 0.3 is 0 Å². The highest BCUT2D eigenvalue weighted by Gasteiger charge is 2.66. The first-order valence-corrected chi connectivity index (χ1v) is 9.52. The maximum Gasteiger partial charge on any atom is 0.279 e. The molecule has 1 saturated heterocycles. The zero-order valence-corrected chi connectivity index (χ0v) is 16.8. The van der Waals surface area contributed by atoms with Crippen molar-refractivity contribution >= 4 is 23.2 Å². The highest BCUT2D eigenvalue weighted by molar-refractivity contribution is 6.31. The van der Waals surface area contributed by atoms with Crippen LogP contribution in [0.4, 0.5) is 0 Å². The predicted molar refractivity (Wildman–Crippen MR) is 106 cm³/mol. The minimum absolute atomic E-state index is 0.392. The normalized spacial score (nSPS) is 26.6. The average Bonchev–Trinajstić information content (AvgIpc) is 2.60. The van der Waals surface area contributed by atoms with Crippen LogP contribution in [-0.2, 0) is 0 Å². The Balaban J connectivity index is 2.21. The number of halogens is 2. The van der Waals surface area contributed by atoms with Gasteiger partial charge in [-0.1, -0.05) is 59.6 Å². The Bertz CT molecular complexity index is 850. The molecule has 2 aromatic rings. The molecule has 1 aliphatic rings. The Morgan fingerprint density at radius 3 is 1.50 bits per heavy atom. The molecule has 1 fully saturated rings. The first-order valence-electron chi connectivity index (χ1n) is 8.77. The Hall–Kier alpha value is -2.22. The second-order valence-electron chi connectivity index (χ2n) is 7.57. The second-order valence-corrected chi connectivity index (χ2v) is 8.38. The standard InChI is InChI=1S/C19H19Cl2N3O4/c1-19(2)17(23(25)26)15(11-7-3-5-9-13(11)20)22-16(18(19)24(27)28)12-8-4-6-10-14(12)21/h3-10,15-18,22H,1-2H3/p+1/t15-,16+,17+,18-. The van der Waals surface area contributed by atoms with E-state index in [4.69, 9.17) is 23.2 Å². The highest BCUT2D eigenvalue weighted by Crippen LogP contribution is 2.44. The van der Waals surface area contributed by atoms with Gasteiger partial charge in [-0.3, -0.25) is 20.2 Å². The Labute approximate surface area is 171 Å². The fraction of sp³-hybridized carbons (Fsp3) is 0.368. The van der Waals surface area contributed by atoms with Crippen molar-refractivity contribution in [2.24, 2.45) is 5.41 Å². The van der Waals surface area contributed by atoms with E-state index >= 15 is 0 Å². The summed E-state index contributed by atoms with van der Waals surface area (Å²) in [5.74, 6) is 0. The molecule has 0 unspecified atom stereocenters. The molecule has 0 radical (unpaired) electrons. The predicted octanol–water partition coefficient (Wildman–Crippen LogP) is 3.67. The third-order valence-electron chi connectivity index (χ3n) is 5.60. The maximum absolute atomic E-state index is 12.0. The summed E-state index contributed by atoms with van der Waals surface area (Å²) in [6, 6.07) is 9.97. The zero-order chi connectivity index (χ0) is 20.6. The molecular weight excluding hydrogens is 405 g/mol. The lowest BCUT2D eigenvalue weighted by Gasteiger charge is -2.42. The van der Waals surface area contributed by atoms with Gasteiger partial charge in [0.05, 0.1) is 0 Å². The van der Waals surface area contributed by atoms with Gasteiger partial charge in [-0.25, -0.2) is 0 Å². The number of nitro groups is 2. The van der Waals surface area contributed by atoms with Crippen molar-refractivity contribution in [3.8, 4) is 0 Å². The molecule has 0 aromatic heterocycles. The van der Waals surface area contributed by atoms with Crippen LogP contribution in [-0.4, -0.2) is 21.9 Å². The monoisotopic (exact) mass is 424 g/mol. The summed E-state index contributed by atoms with van der Waals surface area (Å²) < 4.78 is 0. The Morgan fingerprint density at radius 2 is 1.18 bits per heavy atom. The molecule has 28 heavy (non-hydrogen) atoms. The molecule has 7 nitrogen and oxygen atoms in total. The molecule has 148 valence electrons. The first kappa shape index (κ1) is 20.5. The molecule has 1 aliphatic heterocycles. The van der Waals surface area contributed by atoms with Crippen LogP contribution >= 0.6 is 23.2 Å². The van der Waals surface area contributed by atoms with E-state index in [2.05, 4.69) is 0 Å². The SMILES string of the molecule is CC1(C)[C@@H]([N+](=O)[O-])[C@@H](c2ccccc2Cl)[NH2+][C@@H](c2ccccc2Cl)[C@H]1[N+](=O)[O-]. The van der Waals surface area contributed by atoms with Gasteiger partial charge in [0.1, 0.15) is 5.41 Å². The average molecular weight is 425 g/mol. The lowest BCUT2D eigenvalue weighted by Crippen LogP contribution is -2.96. The maximum atomic E-state index is 12.0. The van der Waals surface area contributed by atoms with E-state index < -0.39 is 39.4 Å². The van der Waals surface area contributed by atoms with Crippen LogP contribution in [0.5, 0.6) is 0 Å². The van der Waals surface area contributed by atoms with Gasteiger partial charge in [-0.05, 0) is 26.0 Å². The molecule has 0 spiro atoms. The van der Waals surface area contributed by atoms with E-state index in [9.17, 15) is 20.2 Å². The molecule has 0 aliphatic carbocycles. The van der Waals surface area contributed by atoms with Crippen LogP contribution < -0.4 is 5.32 Å². The molecule has 0 saturated carbocycles. The molecule has 4 atom stereocenters. The number of nitrogens with zero attached hydrogens (tertiary/aromatic N) is 2. The van der Waals surface area contributed by atoms with Crippen molar-refractivity contribution in [2.45, 2.75) is 38.0 Å². The van der Waals surface area contributed by atoms with Crippen molar-refractivity contribution in [1.29, 1.82) is 0 Å². The molecule has 2 aromatic carbocycles. The van der Waals surface area contributed by atoms with Crippen LogP contribution in [0.1, 0.15) is 37.1 Å². The molecule has 1 heterocycles. The van der Waals surface area contributed by atoms with Crippen molar-refractivity contribution in [3.63, 3.8) is 0 Å².